The molecule has 0 bridgehead atoms. The molecule has 0 aliphatic rings. The maximum atomic E-state index is 7.01. The summed E-state index contributed by atoms with van der Waals surface area (Å²) in [5, 5.41) is 6.54. The summed E-state index contributed by atoms with van der Waals surface area (Å²) in [6, 6.07) is 59.4. The van der Waals surface area contributed by atoms with Crippen LogP contribution in [0.5, 0.6) is 0 Å². The fourth-order valence-electron chi connectivity index (χ4n) is 8.26. The predicted octanol–water partition coefficient (Wildman–Crippen LogP) is 16.1. The van der Waals surface area contributed by atoms with E-state index in [2.05, 4.69) is 206 Å². The zero-order chi connectivity index (χ0) is 39.7. The van der Waals surface area contributed by atoms with Crippen LogP contribution < -0.4 is 4.90 Å². The number of allylic oxidation sites excluding steroid dienone is 5. The Kier molecular flexibility index (Phi) is 9.17. The van der Waals surface area contributed by atoms with E-state index in [1.165, 1.54) is 0 Å². The van der Waals surface area contributed by atoms with Gasteiger partial charge in [-0.15, -0.1) is 0 Å². The number of rotatable bonds is 10. The van der Waals surface area contributed by atoms with Crippen molar-refractivity contribution >= 4 is 78.2 Å². The fraction of sp³-hybridized carbons (Fsp3) is 0. The highest BCUT2D eigenvalue weighted by Gasteiger charge is 2.23. The van der Waals surface area contributed by atoms with Crippen LogP contribution in [-0.4, -0.2) is 0 Å². The van der Waals surface area contributed by atoms with Gasteiger partial charge < -0.3 is 13.7 Å². The maximum absolute atomic E-state index is 7.01. The Labute approximate surface area is 343 Å². The first-order chi connectivity index (χ1) is 29.2. The van der Waals surface area contributed by atoms with Gasteiger partial charge in [0, 0.05) is 43.8 Å². The zero-order valence-electron chi connectivity index (χ0n) is 32.4. The van der Waals surface area contributed by atoms with Gasteiger partial charge in [0.25, 0.3) is 0 Å². The van der Waals surface area contributed by atoms with Crippen molar-refractivity contribution in [2.75, 3.05) is 4.90 Å². The molecule has 10 rings (SSSR count). The first kappa shape index (κ1) is 35.5. The summed E-state index contributed by atoms with van der Waals surface area (Å²) in [7, 11) is 0. The van der Waals surface area contributed by atoms with Crippen molar-refractivity contribution in [1.82, 2.24) is 0 Å². The van der Waals surface area contributed by atoms with Gasteiger partial charge in [-0.1, -0.05) is 177 Å². The molecule has 0 saturated heterocycles. The average Bonchev–Trinajstić information content (AvgIpc) is 3.87. The molecule has 0 saturated carbocycles. The van der Waals surface area contributed by atoms with Crippen molar-refractivity contribution in [3.8, 4) is 22.3 Å². The summed E-state index contributed by atoms with van der Waals surface area (Å²) in [6.07, 6.45) is 14.0. The molecule has 0 atom stereocenters. The lowest BCUT2D eigenvalue weighted by Crippen LogP contribution is -2.16. The minimum atomic E-state index is 0.794. The molecule has 3 heteroatoms. The molecule has 0 amide bonds. The van der Waals surface area contributed by atoms with Crippen LogP contribution in [0.25, 0.3) is 89.1 Å². The minimum absolute atomic E-state index is 0.794. The average molecular weight is 758 g/mol. The van der Waals surface area contributed by atoms with E-state index in [-0.39, 0.29) is 0 Å². The predicted molar refractivity (Wildman–Crippen MR) is 251 cm³/mol. The molecular formula is C56H39NO2. The van der Waals surface area contributed by atoms with Crippen molar-refractivity contribution in [2.45, 2.75) is 0 Å². The SMILES string of the molecule is C=C/C=C\c1cccc(/C=C/C=C(\C=C)N(c2ccccc2-c2ccc3oc4c5ccccc5ccc4c3c2)c2cccc3c2oc2c(-c4ccccc4)cccc23)c1. The molecule has 59 heavy (non-hydrogen) atoms. The number of furan rings is 2. The summed E-state index contributed by atoms with van der Waals surface area (Å²) in [6.45, 7) is 8.19. The summed E-state index contributed by atoms with van der Waals surface area (Å²) in [5.74, 6) is 0. The quantitative estimate of drug-likeness (QED) is 0.130. The largest absolute Gasteiger partial charge is 0.455 e. The third kappa shape index (κ3) is 6.45. The summed E-state index contributed by atoms with van der Waals surface area (Å²) < 4.78 is 13.5. The van der Waals surface area contributed by atoms with Crippen molar-refractivity contribution in [3.63, 3.8) is 0 Å². The van der Waals surface area contributed by atoms with E-state index in [9.17, 15) is 0 Å². The highest BCUT2D eigenvalue weighted by atomic mass is 16.3. The Morgan fingerprint density at radius 2 is 1.14 bits per heavy atom. The molecule has 0 unspecified atom stereocenters. The molecule has 0 spiro atoms. The molecule has 0 radical (unpaired) electrons. The van der Waals surface area contributed by atoms with Crippen LogP contribution >= 0.6 is 0 Å². The first-order valence-electron chi connectivity index (χ1n) is 19.8. The van der Waals surface area contributed by atoms with Crippen LogP contribution in [0.15, 0.2) is 228 Å². The number of hydrogen-bond acceptors (Lipinski definition) is 3. The van der Waals surface area contributed by atoms with Gasteiger partial charge in [-0.05, 0) is 76.2 Å². The van der Waals surface area contributed by atoms with Crippen LogP contribution in [0.4, 0.5) is 11.4 Å². The minimum Gasteiger partial charge on any atom is -0.455 e. The molecule has 3 nitrogen and oxygen atoms in total. The lowest BCUT2D eigenvalue weighted by atomic mass is 9.98. The Hall–Kier alpha value is -7.88. The molecular weight excluding hydrogens is 719 g/mol. The van der Waals surface area contributed by atoms with E-state index in [1.54, 1.807) is 6.08 Å². The Morgan fingerprint density at radius 3 is 1.98 bits per heavy atom. The van der Waals surface area contributed by atoms with Crippen molar-refractivity contribution in [2.24, 2.45) is 0 Å². The Morgan fingerprint density at radius 1 is 0.458 bits per heavy atom. The van der Waals surface area contributed by atoms with Crippen LogP contribution in [0.1, 0.15) is 11.1 Å². The first-order valence-corrected chi connectivity index (χ1v) is 19.8. The van der Waals surface area contributed by atoms with Crippen LogP contribution in [-0.2, 0) is 0 Å². The van der Waals surface area contributed by atoms with Gasteiger partial charge in [0.15, 0.2) is 5.58 Å². The number of hydrogen-bond donors (Lipinski definition) is 0. The summed E-state index contributed by atoms with van der Waals surface area (Å²) >= 11 is 0. The molecule has 2 aromatic heterocycles. The molecule has 2 heterocycles. The number of nitrogens with zero attached hydrogens (tertiary/aromatic N) is 1. The van der Waals surface area contributed by atoms with E-state index < -0.39 is 0 Å². The van der Waals surface area contributed by atoms with E-state index in [1.807, 2.05) is 18.2 Å². The van der Waals surface area contributed by atoms with Gasteiger partial charge in [-0.25, -0.2) is 0 Å². The molecule has 0 N–H and O–H groups in total. The van der Waals surface area contributed by atoms with Gasteiger partial charge in [-0.3, -0.25) is 0 Å². The van der Waals surface area contributed by atoms with E-state index in [4.69, 9.17) is 8.83 Å². The number of benzene rings is 8. The molecule has 280 valence electrons. The van der Waals surface area contributed by atoms with Gasteiger partial charge in [0.1, 0.15) is 16.7 Å². The lowest BCUT2D eigenvalue weighted by molar-refractivity contribution is 0.670. The highest BCUT2D eigenvalue weighted by molar-refractivity contribution is 6.16. The summed E-state index contributed by atoms with van der Waals surface area (Å²) in [5.41, 5.74) is 12.7. The third-order valence-electron chi connectivity index (χ3n) is 11.0. The number of para-hydroxylation sites is 3. The fourth-order valence-corrected chi connectivity index (χ4v) is 8.26. The summed E-state index contributed by atoms with van der Waals surface area (Å²) in [4.78, 5) is 2.27. The molecule has 0 aliphatic carbocycles. The van der Waals surface area contributed by atoms with Gasteiger partial charge >= 0.3 is 0 Å². The molecule has 0 fully saturated rings. The molecule has 8 aromatic carbocycles. The number of fused-ring (bicyclic) bond motifs is 8. The standard InChI is InChI=1S/C56H39NO2/c1-3-5-17-38-18-13-19-39(36-38)20-14-24-43(4-2)57(52-31-16-29-48-47-28-15-27-46(55(47)59-56(48)52)40-21-7-6-8-22-40)51-30-12-11-25-44(51)42-33-35-53-50(37-42)49-34-32-41-23-9-10-26-45(41)54(49)58-53/h3-37H,1-2H2/b17-5-,20-14+,43-24+. The topological polar surface area (TPSA) is 29.5 Å². The smallest absolute Gasteiger partial charge is 0.159 e. The second kappa shape index (κ2) is 15.2. The van der Waals surface area contributed by atoms with Gasteiger partial charge in [0.2, 0.25) is 0 Å². The molecule has 0 aliphatic heterocycles. The zero-order valence-corrected chi connectivity index (χ0v) is 32.4. The normalized spacial score (nSPS) is 12.2. The lowest BCUT2D eigenvalue weighted by Gasteiger charge is -2.28. The Balaban J connectivity index is 1.17. The van der Waals surface area contributed by atoms with Crippen LogP contribution in [0, 0.1) is 0 Å². The monoisotopic (exact) mass is 757 g/mol. The van der Waals surface area contributed by atoms with Crippen LogP contribution in [0.3, 0.4) is 0 Å². The van der Waals surface area contributed by atoms with Gasteiger partial charge in [0.05, 0.1) is 11.4 Å². The third-order valence-corrected chi connectivity index (χ3v) is 11.0. The van der Waals surface area contributed by atoms with Crippen LogP contribution in [0.2, 0.25) is 0 Å². The van der Waals surface area contributed by atoms with Crippen molar-refractivity contribution in [3.05, 3.63) is 230 Å². The van der Waals surface area contributed by atoms with E-state index >= 15 is 0 Å². The van der Waals surface area contributed by atoms with Crippen molar-refractivity contribution in [1.29, 1.82) is 0 Å². The molecule has 10 aromatic rings. The van der Waals surface area contributed by atoms with E-state index in [0.717, 1.165) is 105 Å². The number of anilines is 2. The van der Waals surface area contributed by atoms with E-state index in [0.29, 0.717) is 0 Å². The highest BCUT2D eigenvalue weighted by Crippen LogP contribution is 2.46. The Bertz CT molecular complexity index is 3320. The maximum Gasteiger partial charge on any atom is 0.159 e. The van der Waals surface area contributed by atoms with Gasteiger partial charge in [-0.2, -0.15) is 0 Å². The second-order valence-electron chi connectivity index (χ2n) is 14.6. The van der Waals surface area contributed by atoms with Crippen molar-refractivity contribution < 1.29 is 8.83 Å². The second-order valence-corrected chi connectivity index (χ2v) is 14.6.